The second-order valence-electron chi connectivity index (χ2n) is 6.66. The molecule has 0 saturated carbocycles. The third kappa shape index (κ3) is 8.18. The smallest absolute Gasteiger partial charge is 0.406 e. The molecule has 0 aromatic heterocycles. The van der Waals surface area contributed by atoms with Gasteiger partial charge in [-0.25, -0.2) is 13.4 Å². The number of hydrogen-bond acceptors (Lipinski definition) is 4. The number of rotatable bonds is 7. The molecule has 31 heavy (non-hydrogen) atoms. The van der Waals surface area contributed by atoms with Crippen molar-refractivity contribution in [1.29, 1.82) is 0 Å². The molecule has 0 aliphatic rings. The lowest BCUT2D eigenvalue weighted by molar-refractivity contribution is -0.274. The molecule has 7 nitrogen and oxygen atoms in total. The Labute approximate surface area is 196 Å². The van der Waals surface area contributed by atoms with E-state index in [-0.39, 0.29) is 53.2 Å². The van der Waals surface area contributed by atoms with Crippen LogP contribution >= 0.6 is 24.0 Å². The topological polar surface area (TPSA) is 97.0 Å². The lowest BCUT2D eigenvalue weighted by atomic mass is 10.2. The second-order valence-corrected chi connectivity index (χ2v) is 8.66. The number of anilines is 1. The van der Waals surface area contributed by atoms with E-state index < -0.39 is 16.4 Å². The van der Waals surface area contributed by atoms with Crippen LogP contribution in [-0.4, -0.2) is 38.1 Å². The molecular weight excluding hydrogens is 548 g/mol. The van der Waals surface area contributed by atoms with Gasteiger partial charge in [0.1, 0.15) is 5.75 Å². The lowest BCUT2D eigenvalue weighted by Crippen LogP contribution is -2.33. The van der Waals surface area contributed by atoms with Gasteiger partial charge in [0.25, 0.3) is 0 Å². The van der Waals surface area contributed by atoms with Crippen molar-refractivity contribution in [3.8, 4) is 5.75 Å². The van der Waals surface area contributed by atoms with Crippen LogP contribution in [0.25, 0.3) is 0 Å². The monoisotopic (exact) mass is 572 g/mol. The molecule has 0 unspecified atom stereocenters. The highest BCUT2D eigenvalue weighted by atomic mass is 127. The molecular formula is C19H24F3IN4O3S. The van der Waals surface area contributed by atoms with E-state index in [0.29, 0.717) is 5.69 Å². The van der Waals surface area contributed by atoms with E-state index in [9.17, 15) is 21.6 Å². The Hall–Kier alpha value is -2.06. The number of nitrogens with zero attached hydrogens (tertiary/aromatic N) is 2. The quantitative estimate of drug-likeness (QED) is 0.295. The van der Waals surface area contributed by atoms with E-state index in [2.05, 4.69) is 15.0 Å². The Morgan fingerprint density at radius 3 is 2.16 bits per heavy atom. The summed E-state index contributed by atoms with van der Waals surface area (Å²) in [6, 6.07) is 11.2. The molecule has 12 heteroatoms. The van der Waals surface area contributed by atoms with Crippen molar-refractivity contribution < 1.29 is 26.3 Å². The summed E-state index contributed by atoms with van der Waals surface area (Å²) in [5, 5.41) is 2.75. The second kappa shape index (κ2) is 11.0. The van der Waals surface area contributed by atoms with Gasteiger partial charge < -0.3 is 15.8 Å². The molecule has 0 radical (unpaired) electrons. The summed E-state index contributed by atoms with van der Waals surface area (Å²) >= 11 is 0. The Bertz CT molecular complexity index is 980. The highest BCUT2D eigenvalue weighted by Gasteiger charge is 2.31. The van der Waals surface area contributed by atoms with Gasteiger partial charge >= 0.3 is 6.36 Å². The molecule has 0 bridgehead atoms. The number of halogens is 4. The Balaban J connectivity index is 0.00000480. The van der Waals surface area contributed by atoms with Gasteiger partial charge in [-0.15, -0.1) is 37.1 Å². The van der Waals surface area contributed by atoms with Crippen molar-refractivity contribution in [2.75, 3.05) is 12.4 Å². The first-order valence-corrected chi connectivity index (χ1v) is 10.3. The maximum absolute atomic E-state index is 12.5. The third-order valence-electron chi connectivity index (χ3n) is 4.12. The molecule has 0 aliphatic heterocycles. The Morgan fingerprint density at radius 1 is 1.13 bits per heavy atom. The molecule has 0 saturated heterocycles. The summed E-state index contributed by atoms with van der Waals surface area (Å²) in [5.74, 6) is -0.294. The predicted molar refractivity (Wildman–Crippen MR) is 124 cm³/mol. The predicted octanol–water partition coefficient (Wildman–Crippen LogP) is 4.16. The summed E-state index contributed by atoms with van der Waals surface area (Å²) in [5.41, 5.74) is 6.96. The van der Waals surface area contributed by atoms with Gasteiger partial charge in [0.15, 0.2) is 5.96 Å². The largest absolute Gasteiger partial charge is 0.573 e. The van der Waals surface area contributed by atoms with Crippen molar-refractivity contribution >= 4 is 45.6 Å². The summed E-state index contributed by atoms with van der Waals surface area (Å²) in [7, 11) is -2.04. The van der Waals surface area contributed by atoms with Gasteiger partial charge in [0.05, 0.1) is 11.4 Å². The number of sulfonamides is 1. The Morgan fingerprint density at radius 2 is 1.68 bits per heavy atom. The van der Waals surface area contributed by atoms with Crippen LogP contribution in [0.5, 0.6) is 5.75 Å². The van der Waals surface area contributed by atoms with Crippen LogP contribution in [0.3, 0.4) is 0 Å². The van der Waals surface area contributed by atoms with Gasteiger partial charge in [-0.3, -0.25) is 0 Å². The number of ether oxygens (including phenoxy) is 1. The number of alkyl halides is 3. The summed E-state index contributed by atoms with van der Waals surface area (Å²) < 4.78 is 66.5. The van der Waals surface area contributed by atoms with E-state index >= 15 is 0 Å². The Kier molecular flexibility index (Phi) is 9.57. The molecule has 3 N–H and O–H groups in total. The zero-order valence-corrected chi connectivity index (χ0v) is 20.2. The molecule has 0 amide bonds. The number of hydrogen-bond donors (Lipinski definition) is 2. The van der Waals surface area contributed by atoms with E-state index in [1.54, 1.807) is 26.0 Å². The minimum absolute atomic E-state index is 0. The maximum Gasteiger partial charge on any atom is 0.573 e. The molecule has 0 atom stereocenters. The van der Waals surface area contributed by atoms with Crippen molar-refractivity contribution in [3.63, 3.8) is 0 Å². The van der Waals surface area contributed by atoms with Gasteiger partial charge in [0.2, 0.25) is 10.0 Å². The van der Waals surface area contributed by atoms with Gasteiger partial charge in [-0.2, -0.15) is 4.31 Å². The first-order chi connectivity index (χ1) is 13.9. The third-order valence-corrected chi connectivity index (χ3v) is 6.17. The number of aliphatic imine (C=N–C) groups is 1. The number of benzene rings is 2. The van der Waals surface area contributed by atoms with Crippen molar-refractivity contribution in [2.45, 2.75) is 37.7 Å². The average Bonchev–Trinajstić information content (AvgIpc) is 2.66. The summed E-state index contributed by atoms with van der Waals surface area (Å²) in [6.07, 6.45) is -4.76. The van der Waals surface area contributed by atoms with Crippen LogP contribution < -0.4 is 15.8 Å². The number of guanidine groups is 1. The average molecular weight is 572 g/mol. The van der Waals surface area contributed by atoms with Gasteiger partial charge in [0, 0.05) is 18.8 Å². The molecule has 0 spiro atoms. The van der Waals surface area contributed by atoms with Crippen LogP contribution in [-0.2, 0) is 16.6 Å². The SMILES string of the molecule is CC(C)N(C)S(=O)(=O)c1ccc(CN=C(N)Nc2ccc(OC(F)(F)F)cc2)cc1.I. The molecule has 0 aliphatic carbocycles. The van der Waals surface area contributed by atoms with Crippen LogP contribution in [0, 0.1) is 0 Å². The van der Waals surface area contributed by atoms with Crippen LogP contribution in [0.2, 0.25) is 0 Å². The van der Waals surface area contributed by atoms with Crippen LogP contribution in [0.1, 0.15) is 19.4 Å². The summed E-state index contributed by atoms with van der Waals surface area (Å²) in [6.45, 7) is 3.76. The highest BCUT2D eigenvalue weighted by molar-refractivity contribution is 14.0. The van der Waals surface area contributed by atoms with Crippen molar-refractivity contribution in [3.05, 3.63) is 54.1 Å². The van der Waals surface area contributed by atoms with E-state index in [1.165, 1.54) is 35.6 Å². The van der Waals surface area contributed by atoms with Crippen LogP contribution in [0.15, 0.2) is 58.4 Å². The first kappa shape index (κ1) is 27.0. The summed E-state index contributed by atoms with van der Waals surface area (Å²) in [4.78, 5) is 4.32. The first-order valence-electron chi connectivity index (χ1n) is 8.88. The van der Waals surface area contributed by atoms with Gasteiger partial charge in [-0.1, -0.05) is 12.1 Å². The molecule has 2 rings (SSSR count). The number of nitrogens with two attached hydrogens (primary N) is 1. The minimum atomic E-state index is -4.76. The number of nitrogens with one attached hydrogen (secondary N) is 1. The zero-order valence-electron chi connectivity index (χ0n) is 17.1. The normalized spacial score (nSPS) is 12.6. The standard InChI is InChI=1S/C19H23F3N4O3S.HI/c1-13(2)26(3)30(27,28)17-10-4-14(5-11-17)12-24-18(23)25-15-6-8-16(9-7-15)29-19(20,21)22;/h4-11,13H,12H2,1-3H3,(H3,23,24,25);1H. The van der Waals surface area contributed by atoms with E-state index in [1.807, 2.05) is 0 Å². The maximum atomic E-state index is 12.5. The van der Waals surface area contributed by atoms with Crippen LogP contribution in [0.4, 0.5) is 18.9 Å². The molecule has 172 valence electrons. The molecule has 2 aromatic rings. The van der Waals surface area contributed by atoms with Crippen molar-refractivity contribution in [2.24, 2.45) is 10.7 Å². The molecule has 2 aromatic carbocycles. The fourth-order valence-electron chi connectivity index (χ4n) is 2.31. The zero-order chi connectivity index (χ0) is 22.5. The molecule has 0 fully saturated rings. The van der Waals surface area contributed by atoms with E-state index in [4.69, 9.17) is 5.73 Å². The van der Waals surface area contributed by atoms with E-state index in [0.717, 1.165) is 17.7 Å². The lowest BCUT2D eigenvalue weighted by Gasteiger charge is -2.21. The fraction of sp³-hybridized carbons (Fsp3) is 0.316. The van der Waals surface area contributed by atoms with Crippen molar-refractivity contribution in [1.82, 2.24) is 4.31 Å². The highest BCUT2D eigenvalue weighted by Crippen LogP contribution is 2.24. The van der Waals surface area contributed by atoms with Gasteiger partial charge in [-0.05, 0) is 55.8 Å². The fourth-order valence-corrected chi connectivity index (χ4v) is 3.68. The molecule has 0 heterocycles. The minimum Gasteiger partial charge on any atom is -0.406 e.